The van der Waals surface area contributed by atoms with Gasteiger partial charge in [0.2, 0.25) is 0 Å². The summed E-state index contributed by atoms with van der Waals surface area (Å²) in [6.45, 7) is 0. The van der Waals surface area contributed by atoms with Crippen molar-refractivity contribution in [2.75, 3.05) is 0 Å². The van der Waals surface area contributed by atoms with E-state index in [0.717, 1.165) is 24.2 Å². The number of carbonyl (C=O) groups excluding carboxylic acids is 1. The number of halogens is 1. The number of carbonyl (C=O) groups is 1. The summed E-state index contributed by atoms with van der Waals surface area (Å²) in [7, 11) is 0. The highest BCUT2D eigenvalue weighted by molar-refractivity contribution is 6.35. The first-order chi connectivity index (χ1) is 9.59. The lowest BCUT2D eigenvalue weighted by atomic mass is 9.87. The number of aromatic nitrogens is 2. The number of rotatable bonds is 2. The highest BCUT2D eigenvalue weighted by Crippen LogP contribution is 2.44. The Labute approximate surface area is 120 Å². The van der Waals surface area contributed by atoms with E-state index in [2.05, 4.69) is 15.3 Å². The van der Waals surface area contributed by atoms with Crippen molar-refractivity contribution >= 4 is 28.5 Å². The molecule has 1 aromatic carbocycles. The smallest absolute Gasteiger partial charge is 0.252 e. The monoisotopic (exact) mass is 290 g/mol. The SMILES string of the molecule is NC(=O)c1c(Cl)ccc2[nH]c(C34CCC(CC3)N4)nc12. The lowest BCUT2D eigenvalue weighted by molar-refractivity contribution is 0.100. The van der Waals surface area contributed by atoms with Crippen molar-refractivity contribution in [3.05, 3.63) is 28.5 Å². The maximum Gasteiger partial charge on any atom is 0.252 e. The predicted molar refractivity (Wildman–Crippen MR) is 76.7 cm³/mol. The Morgan fingerprint density at radius 1 is 1.40 bits per heavy atom. The van der Waals surface area contributed by atoms with E-state index in [1.165, 1.54) is 12.8 Å². The molecule has 0 atom stereocenters. The molecular formula is C14H15ClN4O. The molecule has 5 nitrogen and oxygen atoms in total. The first-order valence-corrected chi connectivity index (χ1v) is 7.23. The predicted octanol–water partition coefficient (Wildman–Crippen LogP) is 2.06. The van der Waals surface area contributed by atoms with Gasteiger partial charge in [0.05, 0.1) is 21.6 Å². The molecule has 2 aliphatic rings. The van der Waals surface area contributed by atoms with Gasteiger partial charge in [-0.25, -0.2) is 4.98 Å². The van der Waals surface area contributed by atoms with Gasteiger partial charge in [-0.05, 0) is 37.8 Å². The van der Waals surface area contributed by atoms with Gasteiger partial charge in [0, 0.05) is 6.04 Å². The van der Waals surface area contributed by atoms with Gasteiger partial charge >= 0.3 is 0 Å². The first kappa shape index (κ1) is 12.2. The van der Waals surface area contributed by atoms with Crippen LogP contribution in [0.3, 0.4) is 0 Å². The van der Waals surface area contributed by atoms with E-state index in [0.29, 0.717) is 22.1 Å². The van der Waals surface area contributed by atoms with Gasteiger partial charge in [0.25, 0.3) is 5.91 Å². The van der Waals surface area contributed by atoms with Crippen molar-refractivity contribution in [1.29, 1.82) is 0 Å². The van der Waals surface area contributed by atoms with Crippen molar-refractivity contribution in [2.24, 2.45) is 5.73 Å². The fraction of sp³-hybridized carbons (Fsp3) is 0.429. The number of aromatic amines is 1. The van der Waals surface area contributed by atoms with Crippen molar-refractivity contribution in [3.8, 4) is 0 Å². The average molecular weight is 291 g/mol. The minimum Gasteiger partial charge on any atom is -0.365 e. The normalized spacial score (nSPS) is 28.4. The number of hydrogen-bond acceptors (Lipinski definition) is 3. The molecule has 2 fully saturated rings. The second kappa shape index (κ2) is 3.96. The molecule has 2 saturated heterocycles. The van der Waals surface area contributed by atoms with E-state index in [4.69, 9.17) is 17.3 Å². The van der Waals surface area contributed by atoms with Gasteiger partial charge in [-0.2, -0.15) is 0 Å². The molecule has 2 bridgehead atoms. The number of nitrogens with two attached hydrogens (primary N) is 1. The molecular weight excluding hydrogens is 276 g/mol. The van der Waals surface area contributed by atoms with Crippen molar-refractivity contribution in [2.45, 2.75) is 37.3 Å². The Balaban J connectivity index is 1.91. The zero-order valence-corrected chi connectivity index (χ0v) is 11.6. The number of H-pyrrole nitrogens is 1. The highest BCUT2D eigenvalue weighted by atomic mass is 35.5. The lowest BCUT2D eigenvalue weighted by Gasteiger charge is -2.23. The Morgan fingerprint density at radius 3 is 2.75 bits per heavy atom. The minimum atomic E-state index is -0.542. The molecule has 4 rings (SSSR count). The van der Waals surface area contributed by atoms with Crippen LogP contribution < -0.4 is 11.1 Å². The number of nitrogens with zero attached hydrogens (tertiary/aromatic N) is 1. The van der Waals surface area contributed by atoms with Gasteiger partial charge in [-0.1, -0.05) is 11.6 Å². The minimum absolute atomic E-state index is 0.0644. The summed E-state index contributed by atoms with van der Waals surface area (Å²) in [6, 6.07) is 4.13. The number of amides is 1. The number of primary amides is 1. The zero-order valence-electron chi connectivity index (χ0n) is 10.9. The van der Waals surface area contributed by atoms with Crippen LogP contribution in [0.25, 0.3) is 11.0 Å². The fourth-order valence-electron chi connectivity index (χ4n) is 3.61. The Hall–Kier alpha value is -1.59. The maximum atomic E-state index is 11.6. The third-order valence-electron chi connectivity index (χ3n) is 4.62. The van der Waals surface area contributed by atoms with Crippen molar-refractivity contribution < 1.29 is 4.79 Å². The summed E-state index contributed by atoms with van der Waals surface area (Å²) in [5, 5.41) is 3.99. The number of benzene rings is 1. The Kier molecular flexibility index (Phi) is 2.41. The third kappa shape index (κ3) is 1.53. The molecule has 0 radical (unpaired) electrons. The molecule has 20 heavy (non-hydrogen) atoms. The molecule has 0 aliphatic carbocycles. The summed E-state index contributed by atoms with van der Waals surface area (Å²) in [4.78, 5) is 19.6. The summed E-state index contributed by atoms with van der Waals surface area (Å²) in [5.41, 5.74) is 7.05. The van der Waals surface area contributed by atoms with E-state index in [1.54, 1.807) is 6.07 Å². The van der Waals surface area contributed by atoms with Gasteiger partial charge in [-0.15, -0.1) is 0 Å². The van der Waals surface area contributed by atoms with Crippen LogP contribution in [-0.4, -0.2) is 21.9 Å². The Morgan fingerprint density at radius 2 is 2.15 bits per heavy atom. The molecule has 1 amide bonds. The molecule has 0 saturated carbocycles. The molecule has 6 heteroatoms. The van der Waals surface area contributed by atoms with Crippen LogP contribution in [-0.2, 0) is 5.54 Å². The molecule has 0 unspecified atom stereocenters. The van der Waals surface area contributed by atoms with Crippen LogP contribution >= 0.6 is 11.6 Å². The largest absolute Gasteiger partial charge is 0.365 e. The summed E-state index contributed by atoms with van der Waals surface area (Å²) in [6.07, 6.45) is 4.52. The van der Waals surface area contributed by atoms with Crippen LogP contribution in [0.2, 0.25) is 5.02 Å². The zero-order chi connectivity index (χ0) is 13.9. The first-order valence-electron chi connectivity index (χ1n) is 6.85. The van der Waals surface area contributed by atoms with Gasteiger partial charge in [-0.3, -0.25) is 4.79 Å². The van der Waals surface area contributed by atoms with Crippen molar-refractivity contribution in [3.63, 3.8) is 0 Å². The number of hydrogen-bond donors (Lipinski definition) is 3. The van der Waals surface area contributed by atoms with Crippen LogP contribution in [0, 0.1) is 0 Å². The Bertz CT molecular complexity index is 715. The summed E-state index contributed by atoms with van der Waals surface area (Å²) in [5.74, 6) is 0.358. The molecule has 4 N–H and O–H groups in total. The molecule has 3 heterocycles. The molecule has 104 valence electrons. The van der Waals surface area contributed by atoms with Crippen LogP contribution in [0.4, 0.5) is 0 Å². The third-order valence-corrected chi connectivity index (χ3v) is 4.94. The average Bonchev–Trinajstić information content (AvgIpc) is 3.11. The van der Waals surface area contributed by atoms with E-state index >= 15 is 0 Å². The van der Waals surface area contributed by atoms with E-state index in [-0.39, 0.29) is 5.54 Å². The second-order valence-corrected chi connectivity index (χ2v) is 6.18. The number of nitrogens with one attached hydrogen (secondary N) is 2. The maximum absolute atomic E-state index is 11.6. The molecule has 1 aromatic heterocycles. The molecule has 2 aliphatic heterocycles. The fourth-order valence-corrected chi connectivity index (χ4v) is 3.85. The summed E-state index contributed by atoms with van der Waals surface area (Å²) >= 11 is 6.07. The topological polar surface area (TPSA) is 83.8 Å². The van der Waals surface area contributed by atoms with E-state index < -0.39 is 5.91 Å². The van der Waals surface area contributed by atoms with Crippen LogP contribution in [0.5, 0.6) is 0 Å². The molecule has 0 spiro atoms. The van der Waals surface area contributed by atoms with Crippen molar-refractivity contribution in [1.82, 2.24) is 15.3 Å². The van der Waals surface area contributed by atoms with Gasteiger partial charge in [0.15, 0.2) is 0 Å². The van der Waals surface area contributed by atoms with E-state index in [1.807, 2.05) is 6.07 Å². The highest BCUT2D eigenvalue weighted by Gasteiger charge is 2.47. The standard InChI is InChI=1S/C14H15ClN4O/c15-8-1-2-9-11(10(8)12(16)20)18-13(17-9)14-5-3-7(19-14)4-6-14/h1-2,7,19H,3-6H2,(H2,16,20)(H,17,18). The second-order valence-electron chi connectivity index (χ2n) is 5.77. The van der Waals surface area contributed by atoms with Crippen LogP contribution in [0.1, 0.15) is 41.9 Å². The number of fused-ring (bicyclic) bond motifs is 3. The quantitative estimate of drug-likeness (QED) is 0.791. The molecule has 2 aromatic rings. The van der Waals surface area contributed by atoms with Crippen LogP contribution in [0.15, 0.2) is 12.1 Å². The van der Waals surface area contributed by atoms with Gasteiger partial charge in [0.1, 0.15) is 11.3 Å². The summed E-state index contributed by atoms with van der Waals surface area (Å²) < 4.78 is 0. The van der Waals surface area contributed by atoms with E-state index in [9.17, 15) is 4.79 Å². The number of imidazole rings is 1. The lowest BCUT2D eigenvalue weighted by Crippen LogP contribution is -2.34. The van der Waals surface area contributed by atoms with Gasteiger partial charge < -0.3 is 16.0 Å².